The van der Waals surface area contributed by atoms with E-state index < -0.39 is 0 Å². The summed E-state index contributed by atoms with van der Waals surface area (Å²) >= 11 is 0. The van der Waals surface area contributed by atoms with E-state index in [1.165, 1.54) is 4.90 Å². The number of carbonyl (C=O) groups is 1. The Morgan fingerprint density at radius 3 is 2.72 bits per heavy atom. The molecular weight excluding hydrogens is 234 g/mol. The molecule has 0 bridgehead atoms. The number of amides is 1. The van der Waals surface area contributed by atoms with Crippen LogP contribution >= 0.6 is 0 Å². The largest absolute Gasteiger partial charge is 0.361 e. The van der Waals surface area contributed by atoms with E-state index in [9.17, 15) is 4.79 Å². The van der Waals surface area contributed by atoms with Crippen LogP contribution in [0, 0.1) is 0 Å². The van der Waals surface area contributed by atoms with E-state index in [1.54, 1.807) is 38.5 Å². The van der Waals surface area contributed by atoms with Crippen molar-refractivity contribution in [2.75, 3.05) is 19.4 Å². The minimum Gasteiger partial charge on any atom is -0.361 e. The highest BCUT2D eigenvalue weighted by Gasteiger charge is 2.09. The van der Waals surface area contributed by atoms with Crippen molar-refractivity contribution in [2.45, 2.75) is 6.54 Å². The zero-order valence-corrected chi connectivity index (χ0v) is 10.1. The van der Waals surface area contributed by atoms with E-state index in [4.69, 9.17) is 4.52 Å². The lowest BCUT2D eigenvalue weighted by Gasteiger charge is -2.09. The van der Waals surface area contributed by atoms with Gasteiger partial charge in [0.1, 0.15) is 5.82 Å². The number of aromatic nitrogens is 3. The summed E-state index contributed by atoms with van der Waals surface area (Å²) in [6.45, 7) is 0.468. The molecule has 0 atom stereocenters. The Morgan fingerprint density at radius 1 is 1.33 bits per heavy atom. The first-order valence-electron chi connectivity index (χ1n) is 5.35. The summed E-state index contributed by atoms with van der Waals surface area (Å²) in [4.78, 5) is 13.0. The summed E-state index contributed by atoms with van der Waals surface area (Å²) in [5.41, 5.74) is 0.310. The van der Waals surface area contributed by atoms with Gasteiger partial charge in [0.15, 0.2) is 11.5 Å². The van der Waals surface area contributed by atoms with E-state index in [0.29, 0.717) is 23.8 Å². The highest BCUT2D eigenvalue weighted by atomic mass is 16.5. The van der Waals surface area contributed by atoms with Gasteiger partial charge in [-0.25, -0.2) is 0 Å². The summed E-state index contributed by atoms with van der Waals surface area (Å²) in [5, 5.41) is 14.4. The molecule has 1 amide bonds. The third kappa shape index (κ3) is 2.82. The molecule has 2 aromatic heterocycles. The molecule has 94 valence electrons. The van der Waals surface area contributed by atoms with Crippen LogP contribution in [0.4, 0.5) is 5.82 Å². The SMILES string of the molecule is CN(C)C(=O)c1ccc(NCc2ccno2)nn1. The Bertz CT molecular complexity index is 507. The van der Waals surface area contributed by atoms with Gasteiger partial charge in [0, 0.05) is 20.2 Å². The molecule has 0 saturated carbocycles. The van der Waals surface area contributed by atoms with Crippen molar-refractivity contribution in [3.63, 3.8) is 0 Å². The second kappa shape index (κ2) is 5.26. The lowest BCUT2D eigenvalue weighted by Crippen LogP contribution is -2.23. The summed E-state index contributed by atoms with van der Waals surface area (Å²) in [6, 6.07) is 5.07. The molecule has 0 radical (unpaired) electrons. The van der Waals surface area contributed by atoms with Gasteiger partial charge in [-0.05, 0) is 12.1 Å². The van der Waals surface area contributed by atoms with E-state index in [0.717, 1.165) is 0 Å². The number of hydrogen-bond acceptors (Lipinski definition) is 6. The molecule has 0 saturated heterocycles. The highest BCUT2D eigenvalue weighted by molar-refractivity contribution is 5.91. The molecule has 0 aliphatic carbocycles. The average Bonchev–Trinajstić information content (AvgIpc) is 2.89. The summed E-state index contributed by atoms with van der Waals surface area (Å²) < 4.78 is 4.93. The molecule has 0 aromatic carbocycles. The Hall–Kier alpha value is -2.44. The van der Waals surface area contributed by atoms with Gasteiger partial charge in [-0.2, -0.15) is 0 Å². The Balaban J connectivity index is 1.97. The maximum absolute atomic E-state index is 11.6. The maximum atomic E-state index is 11.6. The fourth-order valence-corrected chi connectivity index (χ4v) is 1.28. The molecule has 1 N–H and O–H groups in total. The van der Waals surface area contributed by atoms with Crippen LogP contribution in [-0.4, -0.2) is 40.3 Å². The van der Waals surface area contributed by atoms with Crippen LogP contribution in [0.3, 0.4) is 0 Å². The molecule has 2 rings (SSSR count). The van der Waals surface area contributed by atoms with Crippen molar-refractivity contribution in [1.82, 2.24) is 20.3 Å². The normalized spacial score (nSPS) is 10.1. The maximum Gasteiger partial charge on any atom is 0.273 e. The Morgan fingerprint density at radius 2 is 2.17 bits per heavy atom. The predicted molar refractivity (Wildman–Crippen MR) is 63.9 cm³/mol. The van der Waals surface area contributed by atoms with Crippen molar-refractivity contribution in [3.05, 3.63) is 35.9 Å². The molecule has 7 heteroatoms. The van der Waals surface area contributed by atoms with E-state index >= 15 is 0 Å². The van der Waals surface area contributed by atoms with Gasteiger partial charge < -0.3 is 14.7 Å². The summed E-state index contributed by atoms with van der Waals surface area (Å²) in [6.07, 6.45) is 1.57. The predicted octanol–water partition coefficient (Wildman–Crippen LogP) is 0.778. The second-order valence-corrected chi connectivity index (χ2v) is 3.84. The van der Waals surface area contributed by atoms with Crippen LogP contribution in [0.2, 0.25) is 0 Å². The molecule has 0 fully saturated rings. The molecule has 7 nitrogen and oxygen atoms in total. The Kier molecular flexibility index (Phi) is 3.52. The van der Waals surface area contributed by atoms with E-state index in [1.807, 2.05) is 0 Å². The topological polar surface area (TPSA) is 84.2 Å². The minimum atomic E-state index is -0.177. The van der Waals surface area contributed by atoms with E-state index in [2.05, 4.69) is 20.7 Å². The van der Waals surface area contributed by atoms with Gasteiger partial charge in [0.2, 0.25) is 0 Å². The van der Waals surface area contributed by atoms with Gasteiger partial charge in [0.05, 0.1) is 12.7 Å². The van der Waals surface area contributed by atoms with Crippen LogP contribution in [0.5, 0.6) is 0 Å². The Labute approximate surface area is 104 Å². The fraction of sp³-hybridized carbons (Fsp3) is 0.273. The number of nitrogens with zero attached hydrogens (tertiary/aromatic N) is 4. The molecule has 2 aromatic rings. The van der Waals surface area contributed by atoms with Crippen molar-refractivity contribution < 1.29 is 9.32 Å². The monoisotopic (exact) mass is 247 g/mol. The van der Waals surface area contributed by atoms with Crippen molar-refractivity contribution in [3.8, 4) is 0 Å². The van der Waals surface area contributed by atoms with Gasteiger partial charge in [-0.15, -0.1) is 10.2 Å². The van der Waals surface area contributed by atoms with Crippen molar-refractivity contribution in [2.24, 2.45) is 0 Å². The number of carbonyl (C=O) groups excluding carboxylic acids is 1. The first-order valence-corrected chi connectivity index (χ1v) is 5.35. The van der Waals surface area contributed by atoms with Crippen molar-refractivity contribution >= 4 is 11.7 Å². The summed E-state index contributed by atoms with van der Waals surface area (Å²) in [5.74, 6) is 1.09. The van der Waals surface area contributed by atoms with Gasteiger partial charge in [0.25, 0.3) is 5.91 Å². The third-order valence-corrected chi connectivity index (χ3v) is 2.22. The molecule has 0 unspecified atom stereocenters. The zero-order chi connectivity index (χ0) is 13.0. The van der Waals surface area contributed by atoms with Gasteiger partial charge in [-0.3, -0.25) is 4.79 Å². The quantitative estimate of drug-likeness (QED) is 0.859. The number of hydrogen-bond donors (Lipinski definition) is 1. The molecule has 18 heavy (non-hydrogen) atoms. The van der Waals surface area contributed by atoms with Gasteiger partial charge in [-0.1, -0.05) is 5.16 Å². The first kappa shape index (κ1) is 12.0. The first-order chi connectivity index (χ1) is 8.66. The van der Waals surface area contributed by atoms with E-state index in [-0.39, 0.29) is 5.91 Å². The standard InChI is InChI=1S/C11H13N5O2/c1-16(2)11(17)9-3-4-10(15-14-9)12-7-8-5-6-13-18-8/h3-6H,7H2,1-2H3,(H,12,15). The minimum absolute atomic E-state index is 0.177. The van der Waals surface area contributed by atoms with Crippen LogP contribution in [0.15, 0.2) is 28.9 Å². The van der Waals surface area contributed by atoms with Crippen LogP contribution < -0.4 is 5.32 Å². The lowest BCUT2D eigenvalue weighted by molar-refractivity contribution is 0.0821. The second-order valence-electron chi connectivity index (χ2n) is 3.84. The molecule has 0 aliphatic heterocycles. The smallest absolute Gasteiger partial charge is 0.273 e. The number of rotatable bonds is 4. The molecule has 0 spiro atoms. The molecule has 2 heterocycles. The van der Waals surface area contributed by atoms with Crippen molar-refractivity contribution in [1.29, 1.82) is 0 Å². The highest BCUT2D eigenvalue weighted by Crippen LogP contribution is 2.06. The number of anilines is 1. The molecular formula is C11H13N5O2. The average molecular weight is 247 g/mol. The molecule has 0 aliphatic rings. The van der Waals surface area contributed by atoms with Crippen LogP contribution in [0.1, 0.15) is 16.2 Å². The fourth-order valence-electron chi connectivity index (χ4n) is 1.28. The summed E-state index contributed by atoms with van der Waals surface area (Å²) in [7, 11) is 3.33. The van der Waals surface area contributed by atoms with Gasteiger partial charge >= 0.3 is 0 Å². The lowest BCUT2D eigenvalue weighted by atomic mass is 10.3. The van der Waals surface area contributed by atoms with Crippen LogP contribution in [0.25, 0.3) is 0 Å². The number of nitrogens with one attached hydrogen (secondary N) is 1. The van der Waals surface area contributed by atoms with Crippen LogP contribution in [-0.2, 0) is 6.54 Å². The third-order valence-electron chi connectivity index (χ3n) is 2.22. The zero-order valence-electron chi connectivity index (χ0n) is 10.1.